The van der Waals surface area contributed by atoms with Crippen LogP contribution < -0.4 is 11.1 Å². The van der Waals surface area contributed by atoms with Gasteiger partial charge >= 0.3 is 6.03 Å². The summed E-state index contributed by atoms with van der Waals surface area (Å²) in [4.78, 5) is 26.2. The predicted octanol–water partition coefficient (Wildman–Crippen LogP) is 3.96. The molecule has 7 heteroatoms. The minimum Gasteiger partial charge on any atom is -0.383 e. The summed E-state index contributed by atoms with van der Waals surface area (Å²) in [5.41, 5.74) is 8.98. The van der Waals surface area contributed by atoms with E-state index in [-0.39, 0.29) is 6.03 Å². The second kappa shape index (κ2) is 8.93. The van der Waals surface area contributed by atoms with Crippen LogP contribution in [0.15, 0.2) is 36.8 Å². The van der Waals surface area contributed by atoms with E-state index >= 15 is 0 Å². The first-order valence-electron chi connectivity index (χ1n) is 8.97. The van der Waals surface area contributed by atoms with E-state index in [1.807, 2.05) is 26.0 Å². The van der Waals surface area contributed by atoms with Crippen molar-refractivity contribution in [3.63, 3.8) is 0 Å². The summed E-state index contributed by atoms with van der Waals surface area (Å²) in [6, 6.07) is 5.47. The molecule has 0 aromatic carbocycles. The molecular weight excluding hydrogens is 340 g/mol. The highest BCUT2D eigenvalue weighted by atomic mass is 16.2. The quantitative estimate of drug-likeness (QED) is 0.731. The van der Waals surface area contributed by atoms with Crippen LogP contribution in [0.4, 0.5) is 16.4 Å². The number of hydrogen-bond acceptors (Lipinski definition) is 5. The number of carbonyl (C=O) groups excluding carboxylic acids is 1. The smallest absolute Gasteiger partial charge is 0.322 e. The van der Waals surface area contributed by atoms with Gasteiger partial charge in [-0.2, -0.15) is 0 Å². The van der Waals surface area contributed by atoms with Crippen molar-refractivity contribution >= 4 is 28.4 Å². The van der Waals surface area contributed by atoms with Crippen LogP contribution in [-0.2, 0) is 6.42 Å². The maximum Gasteiger partial charge on any atom is 0.322 e. The molecule has 0 bridgehead atoms. The molecule has 3 aromatic heterocycles. The highest BCUT2D eigenvalue weighted by Gasteiger charge is 2.11. The average Bonchev–Trinajstić information content (AvgIpc) is 2.69. The molecule has 0 radical (unpaired) electrons. The Bertz CT molecular complexity index is 939. The van der Waals surface area contributed by atoms with E-state index in [9.17, 15) is 4.79 Å². The molecule has 0 aliphatic carbocycles. The van der Waals surface area contributed by atoms with E-state index in [0.29, 0.717) is 11.6 Å². The van der Waals surface area contributed by atoms with Gasteiger partial charge in [-0.15, -0.1) is 0 Å². The summed E-state index contributed by atoms with van der Waals surface area (Å²) in [6.07, 6.45) is 6.06. The third-order valence-electron chi connectivity index (χ3n) is 3.95. The molecule has 3 heterocycles. The second-order valence-electron chi connectivity index (χ2n) is 5.89. The van der Waals surface area contributed by atoms with E-state index in [1.54, 1.807) is 38.8 Å². The number of nitrogens with one attached hydrogen (secondary N) is 1. The van der Waals surface area contributed by atoms with Crippen molar-refractivity contribution in [3.05, 3.63) is 42.4 Å². The number of hydrogen-bond donors (Lipinski definition) is 2. The Morgan fingerprint density at radius 3 is 2.63 bits per heavy atom. The van der Waals surface area contributed by atoms with Crippen LogP contribution in [0.3, 0.4) is 0 Å². The molecule has 0 atom stereocenters. The first-order valence-corrected chi connectivity index (χ1v) is 8.97. The number of fused-ring (bicyclic) bond motifs is 1. The van der Waals surface area contributed by atoms with Crippen molar-refractivity contribution in [2.24, 2.45) is 0 Å². The number of nitrogens with zero attached hydrogens (tertiary/aromatic N) is 4. The summed E-state index contributed by atoms with van der Waals surface area (Å²) in [5.74, 6) is 0.862. The van der Waals surface area contributed by atoms with Crippen LogP contribution in [0.2, 0.25) is 0 Å². The van der Waals surface area contributed by atoms with Gasteiger partial charge in [0.05, 0.1) is 5.69 Å². The highest BCUT2D eigenvalue weighted by molar-refractivity contribution is 5.96. The number of pyridine rings is 3. The van der Waals surface area contributed by atoms with Crippen molar-refractivity contribution in [1.29, 1.82) is 0 Å². The molecule has 0 aliphatic rings. The monoisotopic (exact) mass is 366 g/mol. The Balaban J connectivity index is 0.00000126. The molecule has 0 aliphatic heterocycles. The lowest BCUT2D eigenvalue weighted by atomic mass is 10.0. The summed E-state index contributed by atoms with van der Waals surface area (Å²) < 4.78 is 0. The normalized spacial score (nSPS) is 10.1. The van der Waals surface area contributed by atoms with E-state index < -0.39 is 0 Å². The van der Waals surface area contributed by atoms with Crippen LogP contribution in [0.1, 0.15) is 26.3 Å². The number of nitrogen functional groups attached to an aromatic ring is 1. The minimum atomic E-state index is -0.241. The fourth-order valence-electron chi connectivity index (χ4n) is 2.56. The number of urea groups is 1. The van der Waals surface area contributed by atoms with Gasteiger partial charge in [0.15, 0.2) is 0 Å². The second-order valence-corrected chi connectivity index (χ2v) is 5.89. The van der Waals surface area contributed by atoms with Crippen molar-refractivity contribution in [3.8, 4) is 11.3 Å². The SMILES string of the molecule is CC.CCc1ccncc1-c1cc2cc(NC(=O)N(C)C)ncc2c(N)n1. The average molecular weight is 366 g/mol. The summed E-state index contributed by atoms with van der Waals surface area (Å²) >= 11 is 0. The maximum atomic E-state index is 11.8. The molecular formula is C20H26N6O. The Morgan fingerprint density at radius 2 is 1.96 bits per heavy atom. The molecule has 0 spiro atoms. The molecule has 3 aromatic rings. The fraction of sp³-hybridized carbons (Fsp3) is 0.300. The molecule has 2 amide bonds. The lowest BCUT2D eigenvalue weighted by Crippen LogP contribution is -2.27. The molecule has 0 fully saturated rings. The number of aromatic nitrogens is 3. The Labute approximate surface area is 159 Å². The first kappa shape index (κ1) is 20.1. The van der Waals surface area contributed by atoms with Crippen LogP contribution in [0, 0.1) is 0 Å². The minimum absolute atomic E-state index is 0.241. The standard InChI is InChI=1S/C18H20N6O.C2H6/c1-4-11-5-6-20-9-13(11)15-7-12-8-16(23-18(25)24(2)3)21-10-14(12)17(19)22-15;1-2/h5-10H,4H2,1-3H3,(H2,19,22)(H,21,23,25);1-2H3. The Hall–Kier alpha value is -3.22. The molecule has 7 nitrogen and oxygen atoms in total. The molecule has 0 saturated heterocycles. The molecule has 3 N–H and O–H groups in total. The zero-order valence-electron chi connectivity index (χ0n) is 16.4. The number of aryl methyl sites for hydroxylation is 1. The largest absolute Gasteiger partial charge is 0.383 e. The molecule has 27 heavy (non-hydrogen) atoms. The number of nitrogens with two attached hydrogens (primary N) is 1. The number of amides is 2. The maximum absolute atomic E-state index is 11.8. The van der Waals surface area contributed by atoms with E-state index in [0.717, 1.165) is 34.0 Å². The van der Waals surface area contributed by atoms with Gasteiger partial charge < -0.3 is 10.6 Å². The van der Waals surface area contributed by atoms with E-state index in [4.69, 9.17) is 5.73 Å². The third kappa shape index (κ3) is 4.49. The van der Waals surface area contributed by atoms with Gasteiger partial charge in [-0.1, -0.05) is 20.8 Å². The zero-order valence-corrected chi connectivity index (χ0v) is 16.4. The van der Waals surface area contributed by atoms with Gasteiger partial charge in [0.25, 0.3) is 0 Å². The number of carbonyl (C=O) groups is 1. The topological polar surface area (TPSA) is 97.0 Å². The van der Waals surface area contributed by atoms with Crippen LogP contribution in [-0.4, -0.2) is 40.0 Å². The van der Waals surface area contributed by atoms with Gasteiger partial charge in [-0.25, -0.2) is 14.8 Å². The zero-order chi connectivity index (χ0) is 20.0. The van der Waals surface area contributed by atoms with Crippen molar-refractivity contribution in [2.75, 3.05) is 25.1 Å². The first-order chi connectivity index (χ1) is 13.0. The van der Waals surface area contributed by atoms with Gasteiger partial charge in [-0.3, -0.25) is 10.3 Å². The Morgan fingerprint density at radius 1 is 1.22 bits per heavy atom. The molecule has 3 rings (SSSR count). The van der Waals surface area contributed by atoms with Gasteiger partial charge in [0.1, 0.15) is 11.6 Å². The fourth-order valence-corrected chi connectivity index (χ4v) is 2.56. The number of rotatable bonds is 3. The van der Waals surface area contributed by atoms with Gasteiger partial charge in [-0.05, 0) is 35.6 Å². The van der Waals surface area contributed by atoms with Crippen LogP contribution in [0.5, 0.6) is 0 Å². The lowest BCUT2D eigenvalue weighted by molar-refractivity contribution is 0.230. The summed E-state index contributed by atoms with van der Waals surface area (Å²) in [5, 5.41) is 4.34. The third-order valence-corrected chi connectivity index (χ3v) is 3.95. The summed E-state index contributed by atoms with van der Waals surface area (Å²) in [6.45, 7) is 6.09. The summed E-state index contributed by atoms with van der Waals surface area (Å²) in [7, 11) is 3.34. The lowest BCUT2D eigenvalue weighted by Gasteiger charge is -2.13. The predicted molar refractivity (Wildman–Crippen MR) is 111 cm³/mol. The molecule has 0 saturated carbocycles. The van der Waals surface area contributed by atoms with E-state index in [2.05, 4.69) is 27.2 Å². The van der Waals surface area contributed by atoms with Crippen molar-refractivity contribution < 1.29 is 4.79 Å². The van der Waals surface area contributed by atoms with Crippen molar-refractivity contribution in [1.82, 2.24) is 19.9 Å². The highest BCUT2D eigenvalue weighted by Crippen LogP contribution is 2.29. The van der Waals surface area contributed by atoms with Gasteiger partial charge in [0, 0.05) is 43.6 Å². The molecule has 142 valence electrons. The molecule has 0 unspecified atom stereocenters. The van der Waals surface area contributed by atoms with E-state index in [1.165, 1.54) is 4.90 Å². The van der Waals surface area contributed by atoms with Crippen LogP contribution >= 0.6 is 0 Å². The number of anilines is 2. The van der Waals surface area contributed by atoms with Crippen LogP contribution in [0.25, 0.3) is 22.0 Å². The van der Waals surface area contributed by atoms with Gasteiger partial charge in [0.2, 0.25) is 0 Å². The Kier molecular flexibility index (Phi) is 6.65. The van der Waals surface area contributed by atoms with Crippen molar-refractivity contribution in [2.45, 2.75) is 27.2 Å².